The molecule has 0 amide bonds. The molecule has 0 unspecified atom stereocenters. The highest BCUT2D eigenvalue weighted by atomic mass is 35.5. The number of nitrogens with zero attached hydrogens (tertiary/aromatic N) is 1. The lowest BCUT2D eigenvalue weighted by Crippen LogP contribution is -1.95. The Kier molecular flexibility index (Phi) is 5.44. The van der Waals surface area contributed by atoms with Gasteiger partial charge in [0.05, 0.1) is 5.02 Å². The summed E-state index contributed by atoms with van der Waals surface area (Å²) in [6.07, 6.45) is 7.50. The molecule has 1 saturated carbocycles. The Balaban J connectivity index is 0.000000247. The van der Waals surface area contributed by atoms with Crippen LogP contribution in [0.5, 0.6) is 0 Å². The zero-order valence-corrected chi connectivity index (χ0v) is 13.0. The molecule has 1 heterocycles. The number of nitrogens with two attached hydrogens (primary N) is 1. The van der Waals surface area contributed by atoms with Crippen molar-refractivity contribution in [1.82, 2.24) is 4.98 Å². The molecule has 0 saturated heterocycles. The molecule has 1 aliphatic carbocycles. The van der Waals surface area contributed by atoms with Crippen LogP contribution >= 0.6 is 11.6 Å². The molecule has 20 heavy (non-hydrogen) atoms. The fourth-order valence-electron chi connectivity index (χ4n) is 2.31. The molecular weight excluding hydrogens is 272 g/mol. The van der Waals surface area contributed by atoms with Crippen LogP contribution < -0.4 is 5.73 Å². The lowest BCUT2D eigenvalue weighted by molar-refractivity contribution is 0.501. The molecule has 0 atom stereocenters. The predicted octanol–water partition coefficient (Wildman–Crippen LogP) is 5.01. The van der Waals surface area contributed by atoms with E-state index in [1.165, 1.54) is 32.1 Å². The van der Waals surface area contributed by atoms with Crippen LogP contribution in [-0.2, 0) is 6.54 Å². The minimum Gasteiger partial charge on any atom is -0.439 e. The number of hydrogen-bond donors (Lipinski definition) is 1. The smallest absolute Gasteiger partial charge is 0.198 e. The van der Waals surface area contributed by atoms with Gasteiger partial charge < -0.3 is 10.2 Å². The summed E-state index contributed by atoms with van der Waals surface area (Å²) < 4.78 is 5.58. The van der Waals surface area contributed by atoms with Crippen molar-refractivity contribution in [3.8, 4) is 0 Å². The minimum absolute atomic E-state index is 0.259. The largest absolute Gasteiger partial charge is 0.439 e. The molecule has 1 aromatic carbocycles. The fraction of sp³-hybridized carbons (Fsp3) is 0.562. The molecule has 0 radical (unpaired) electrons. The Labute approximate surface area is 125 Å². The van der Waals surface area contributed by atoms with E-state index in [0.717, 1.165) is 11.1 Å². The summed E-state index contributed by atoms with van der Waals surface area (Å²) in [7, 11) is 0. The van der Waals surface area contributed by atoms with Crippen molar-refractivity contribution in [2.24, 2.45) is 5.73 Å². The topological polar surface area (TPSA) is 52.0 Å². The van der Waals surface area contributed by atoms with Gasteiger partial charge in [0.25, 0.3) is 0 Å². The molecule has 3 nitrogen and oxygen atoms in total. The van der Waals surface area contributed by atoms with E-state index in [0.29, 0.717) is 23.0 Å². The van der Waals surface area contributed by atoms with E-state index >= 15 is 0 Å². The summed E-state index contributed by atoms with van der Waals surface area (Å²) >= 11 is 6.07. The van der Waals surface area contributed by atoms with Crippen LogP contribution in [0.2, 0.25) is 5.02 Å². The Hall–Kier alpha value is -1.06. The maximum Gasteiger partial charge on any atom is 0.198 e. The Morgan fingerprint density at radius 1 is 1.20 bits per heavy atom. The molecule has 1 aliphatic rings. The molecule has 2 N–H and O–H groups in total. The summed E-state index contributed by atoms with van der Waals surface area (Å²) in [5.41, 5.74) is 7.96. The van der Waals surface area contributed by atoms with Gasteiger partial charge in [0.15, 0.2) is 11.5 Å². The SMILES string of the molecule is C1CCCC1.CC(C)c1nc2cc(CN)cc(Cl)c2o1. The van der Waals surface area contributed by atoms with Crippen molar-refractivity contribution in [3.63, 3.8) is 0 Å². The van der Waals surface area contributed by atoms with Gasteiger partial charge in [0.1, 0.15) is 5.52 Å². The second-order valence-electron chi connectivity index (χ2n) is 5.60. The molecule has 1 aromatic heterocycles. The van der Waals surface area contributed by atoms with Crippen molar-refractivity contribution >= 4 is 22.7 Å². The minimum atomic E-state index is 0.259. The van der Waals surface area contributed by atoms with E-state index < -0.39 is 0 Å². The van der Waals surface area contributed by atoms with Gasteiger partial charge in [-0.2, -0.15) is 0 Å². The van der Waals surface area contributed by atoms with Gasteiger partial charge in [-0.3, -0.25) is 0 Å². The summed E-state index contributed by atoms with van der Waals surface area (Å²) in [5, 5.41) is 0.576. The van der Waals surface area contributed by atoms with E-state index in [2.05, 4.69) is 4.98 Å². The normalized spacial score (nSPS) is 14.7. The first-order chi connectivity index (χ1) is 9.61. The van der Waals surface area contributed by atoms with Gasteiger partial charge in [-0.25, -0.2) is 4.98 Å². The van der Waals surface area contributed by atoms with Gasteiger partial charge in [0, 0.05) is 12.5 Å². The second-order valence-corrected chi connectivity index (χ2v) is 6.01. The number of halogens is 1. The molecule has 3 rings (SSSR count). The first-order valence-electron chi connectivity index (χ1n) is 7.40. The first kappa shape index (κ1) is 15.3. The van der Waals surface area contributed by atoms with Crippen LogP contribution in [0.4, 0.5) is 0 Å². The highest BCUT2D eigenvalue weighted by molar-refractivity contribution is 6.34. The van der Waals surface area contributed by atoms with Crippen molar-refractivity contribution in [2.75, 3.05) is 0 Å². The van der Waals surface area contributed by atoms with Gasteiger partial charge in [-0.15, -0.1) is 0 Å². The summed E-state index contributed by atoms with van der Waals surface area (Å²) in [6.45, 7) is 4.52. The van der Waals surface area contributed by atoms with Crippen molar-refractivity contribution in [2.45, 2.75) is 58.4 Å². The number of fused-ring (bicyclic) bond motifs is 1. The van der Waals surface area contributed by atoms with Gasteiger partial charge in [-0.1, -0.05) is 57.6 Å². The monoisotopic (exact) mass is 294 g/mol. The van der Waals surface area contributed by atoms with E-state index in [4.69, 9.17) is 21.8 Å². The zero-order chi connectivity index (χ0) is 14.5. The lowest BCUT2D eigenvalue weighted by atomic mass is 10.2. The van der Waals surface area contributed by atoms with E-state index in [9.17, 15) is 0 Å². The lowest BCUT2D eigenvalue weighted by Gasteiger charge is -1.96. The Bertz CT molecular complexity index is 551. The van der Waals surface area contributed by atoms with Gasteiger partial charge >= 0.3 is 0 Å². The average Bonchev–Trinajstić information content (AvgIpc) is 3.10. The van der Waals surface area contributed by atoms with Crippen molar-refractivity contribution < 1.29 is 4.42 Å². The maximum absolute atomic E-state index is 6.07. The average molecular weight is 295 g/mol. The third-order valence-corrected chi connectivity index (χ3v) is 3.78. The molecule has 0 bridgehead atoms. The third-order valence-electron chi connectivity index (χ3n) is 3.50. The van der Waals surface area contributed by atoms with E-state index in [-0.39, 0.29) is 5.92 Å². The quantitative estimate of drug-likeness (QED) is 0.846. The molecule has 1 fully saturated rings. The molecule has 4 heteroatoms. The van der Waals surface area contributed by atoms with Crippen LogP contribution in [0.15, 0.2) is 16.5 Å². The molecule has 2 aromatic rings. The highest BCUT2D eigenvalue weighted by Gasteiger charge is 2.12. The predicted molar refractivity (Wildman–Crippen MR) is 84.1 cm³/mol. The van der Waals surface area contributed by atoms with Gasteiger partial charge in [0.2, 0.25) is 0 Å². The van der Waals surface area contributed by atoms with Crippen LogP contribution in [0.25, 0.3) is 11.1 Å². The summed E-state index contributed by atoms with van der Waals surface area (Å²) in [5.74, 6) is 0.968. The maximum atomic E-state index is 6.07. The highest BCUT2D eigenvalue weighted by Crippen LogP contribution is 2.28. The van der Waals surface area contributed by atoms with Crippen LogP contribution in [0.1, 0.15) is 63.3 Å². The van der Waals surface area contributed by atoms with Crippen molar-refractivity contribution in [1.29, 1.82) is 0 Å². The number of benzene rings is 1. The number of aromatic nitrogens is 1. The molecular formula is C16H23ClN2O. The summed E-state index contributed by atoms with van der Waals surface area (Å²) in [4.78, 5) is 4.38. The van der Waals surface area contributed by atoms with E-state index in [1.54, 1.807) is 0 Å². The van der Waals surface area contributed by atoms with Crippen molar-refractivity contribution in [3.05, 3.63) is 28.6 Å². The van der Waals surface area contributed by atoms with E-state index in [1.807, 2.05) is 26.0 Å². The fourth-order valence-corrected chi connectivity index (χ4v) is 2.59. The molecule has 0 spiro atoms. The molecule has 0 aliphatic heterocycles. The van der Waals surface area contributed by atoms with Crippen LogP contribution in [-0.4, -0.2) is 4.98 Å². The standard InChI is InChI=1S/C11H13ClN2O.C5H10/c1-6(2)11-14-9-4-7(5-13)3-8(12)10(9)15-11;1-2-4-5-3-1/h3-4,6H,5,13H2,1-2H3;1-5H2. The second kappa shape index (κ2) is 7.09. The Morgan fingerprint density at radius 2 is 1.80 bits per heavy atom. The van der Waals surface area contributed by atoms with Crippen LogP contribution in [0.3, 0.4) is 0 Å². The molecule has 110 valence electrons. The number of hydrogen-bond acceptors (Lipinski definition) is 3. The summed E-state index contributed by atoms with van der Waals surface area (Å²) in [6, 6.07) is 3.73. The number of oxazole rings is 1. The zero-order valence-electron chi connectivity index (χ0n) is 12.3. The first-order valence-corrected chi connectivity index (χ1v) is 7.78. The van der Waals surface area contributed by atoms with Gasteiger partial charge in [-0.05, 0) is 17.7 Å². The van der Waals surface area contributed by atoms with Crippen LogP contribution in [0, 0.1) is 0 Å². The number of rotatable bonds is 2. The Morgan fingerprint density at radius 3 is 2.30 bits per heavy atom. The third kappa shape index (κ3) is 3.74.